The molecule has 1 aromatic rings. The fourth-order valence-electron chi connectivity index (χ4n) is 2.05. The minimum Gasteiger partial charge on any atom is -0.494 e. The van der Waals surface area contributed by atoms with E-state index in [1.54, 1.807) is 12.1 Å². The quantitative estimate of drug-likeness (QED) is 0.844. The molecule has 0 saturated carbocycles. The number of ether oxygens (including phenoxy) is 1. The molecule has 0 bridgehead atoms. The third kappa shape index (κ3) is 3.23. The van der Waals surface area contributed by atoms with Crippen molar-refractivity contribution < 1.29 is 13.9 Å². The second-order valence-corrected chi connectivity index (χ2v) is 4.89. The van der Waals surface area contributed by atoms with Gasteiger partial charge >= 0.3 is 0 Å². The standard InChI is InChI=1S/C14H19FN2O2/c1-9(11-7-16-8-11)14(18)17-6-10-3-4-13(19-2)12(15)5-10/h3-5,9,11,16H,6-8H2,1-2H3,(H,17,18). The second-order valence-electron chi connectivity index (χ2n) is 4.89. The van der Waals surface area contributed by atoms with Crippen LogP contribution in [0.4, 0.5) is 4.39 Å². The Bertz CT molecular complexity index is 461. The Morgan fingerprint density at radius 2 is 2.32 bits per heavy atom. The van der Waals surface area contributed by atoms with E-state index in [1.807, 2.05) is 6.92 Å². The van der Waals surface area contributed by atoms with Crippen LogP contribution in [0.1, 0.15) is 12.5 Å². The van der Waals surface area contributed by atoms with Crippen LogP contribution in [0.5, 0.6) is 5.75 Å². The Labute approximate surface area is 112 Å². The summed E-state index contributed by atoms with van der Waals surface area (Å²) in [5.74, 6) is 0.217. The van der Waals surface area contributed by atoms with Gasteiger partial charge in [-0.25, -0.2) is 4.39 Å². The van der Waals surface area contributed by atoms with Crippen molar-refractivity contribution >= 4 is 5.91 Å². The van der Waals surface area contributed by atoms with Gasteiger partial charge in [0.05, 0.1) is 7.11 Å². The van der Waals surface area contributed by atoms with Crippen molar-refractivity contribution in [2.24, 2.45) is 11.8 Å². The molecular weight excluding hydrogens is 247 g/mol. The van der Waals surface area contributed by atoms with Crippen LogP contribution in [0, 0.1) is 17.7 Å². The van der Waals surface area contributed by atoms with Crippen LogP contribution in [0.25, 0.3) is 0 Å². The molecule has 5 heteroatoms. The van der Waals surface area contributed by atoms with Crippen molar-refractivity contribution in [3.63, 3.8) is 0 Å². The summed E-state index contributed by atoms with van der Waals surface area (Å²) < 4.78 is 18.3. The third-order valence-electron chi connectivity index (χ3n) is 3.62. The van der Waals surface area contributed by atoms with Gasteiger partial charge in [-0.15, -0.1) is 0 Å². The van der Waals surface area contributed by atoms with Gasteiger partial charge in [0.25, 0.3) is 0 Å². The van der Waals surface area contributed by atoms with E-state index < -0.39 is 5.82 Å². The van der Waals surface area contributed by atoms with E-state index in [0.717, 1.165) is 18.7 Å². The van der Waals surface area contributed by atoms with Crippen molar-refractivity contribution in [1.29, 1.82) is 0 Å². The van der Waals surface area contributed by atoms with Gasteiger partial charge in [0.2, 0.25) is 5.91 Å². The van der Waals surface area contributed by atoms with Gasteiger partial charge in [-0.3, -0.25) is 4.79 Å². The summed E-state index contributed by atoms with van der Waals surface area (Å²) >= 11 is 0. The first-order valence-corrected chi connectivity index (χ1v) is 6.42. The smallest absolute Gasteiger partial charge is 0.223 e. The van der Waals surface area contributed by atoms with Crippen molar-refractivity contribution in [3.8, 4) is 5.75 Å². The van der Waals surface area contributed by atoms with Crippen molar-refractivity contribution in [2.75, 3.05) is 20.2 Å². The Hall–Kier alpha value is -1.62. The molecule has 2 rings (SSSR count). The van der Waals surface area contributed by atoms with Gasteiger partial charge in [-0.1, -0.05) is 13.0 Å². The largest absolute Gasteiger partial charge is 0.494 e. The van der Waals surface area contributed by atoms with Gasteiger partial charge < -0.3 is 15.4 Å². The van der Waals surface area contributed by atoms with Crippen LogP contribution in [-0.2, 0) is 11.3 Å². The van der Waals surface area contributed by atoms with Gasteiger partial charge in [0.1, 0.15) is 0 Å². The van der Waals surface area contributed by atoms with Crippen LogP contribution in [-0.4, -0.2) is 26.1 Å². The molecule has 0 radical (unpaired) electrons. The van der Waals surface area contributed by atoms with Crippen LogP contribution in [0.3, 0.4) is 0 Å². The Morgan fingerprint density at radius 1 is 1.58 bits per heavy atom. The fraction of sp³-hybridized carbons (Fsp3) is 0.500. The Kier molecular flexibility index (Phi) is 4.37. The number of nitrogens with one attached hydrogen (secondary N) is 2. The topological polar surface area (TPSA) is 50.4 Å². The number of hydrogen-bond acceptors (Lipinski definition) is 3. The second kappa shape index (κ2) is 6.02. The highest BCUT2D eigenvalue weighted by Gasteiger charge is 2.28. The lowest BCUT2D eigenvalue weighted by Crippen LogP contribution is -2.49. The summed E-state index contributed by atoms with van der Waals surface area (Å²) in [7, 11) is 1.42. The monoisotopic (exact) mass is 266 g/mol. The first kappa shape index (κ1) is 13.8. The molecule has 1 aromatic carbocycles. The van der Waals surface area contributed by atoms with Crippen molar-refractivity contribution in [3.05, 3.63) is 29.6 Å². The van der Waals surface area contributed by atoms with E-state index in [9.17, 15) is 9.18 Å². The zero-order valence-electron chi connectivity index (χ0n) is 11.2. The minimum absolute atomic E-state index is 0.00987. The molecule has 1 atom stereocenters. The van der Waals surface area contributed by atoms with Crippen LogP contribution < -0.4 is 15.4 Å². The number of carbonyl (C=O) groups excluding carboxylic acids is 1. The van der Waals surface area contributed by atoms with E-state index in [0.29, 0.717) is 12.5 Å². The molecule has 1 aliphatic rings. The maximum Gasteiger partial charge on any atom is 0.223 e. The molecule has 104 valence electrons. The average Bonchev–Trinajstić information content (AvgIpc) is 2.34. The molecule has 1 saturated heterocycles. The van der Waals surface area contributed by atoms with Crippen molar-refractivity contribution in [1.82, 2.24) is 10.6 Å². The number of methoxy groups -OCH3 is 1. The summed E-state index contributed by atoms with van der Waals surface area (Å²) in [6, 6.07) is 4.70. The van der Waals surface area contributed by atoms with Crippen LogP contribution in [0.2, 0.25) is 0 Å². The van der Waals surface area contributed by atoms with Crippen LogP contribution in [0.15, 0.2) is 18.2 Å². The van der Waals surface area contributed by atoms with Gasteiger partial charge in [-0.05, 0) is 36.7 Å². The first-order chi connectivity index (χ1) is 9.11. The number of rotatable bonds is 5. The molecule has 1 amide bonds. The zero-order chi connectivity index (χ0) is 13.8. The highest BCUT2D eigenvalue weighted by atomic mass is 19.1. The van der Waals surface area contributed by atoms with Gasteiger partial charge in [0, 0.05) is 12.5 Å². The zero-order valence-corrected chi connectivity index (χ0v) is 11.2. The molecule has 0 spiro atoms. The summed E-state index contributed by atoms with van der Waals surface area (Å²) in [5, 5.41) is 5.99. The lowest BCUT2D eigenvalue weighted by molar-refractivity contribution is -0.126. The molecule has 1 heterocycles. The SMILES string of the molecule is COc1ccc(CNC(=O)C(C)C2CNC2)cc1F. The Balaban J connectivity index is 1.87. The summed E-state index contributed by atoms with van der Waals surface area (Å²) in [6.45, 7) is 4.05. The molecule has 1 fully saturated rings. The lowest BCUT2D eigenvalue weighted by Gasteiger charge is -2.31. The number of benzene rings is 1. The predicted molar refractivity (Wildman–Crippen MR) is 70.3 cm³/mol. The van der Waals surface area contributed by atoms with Crippen LogP contribution >= 0.6 is 0 Å². The van der Waals surface area contributed by atoms with Gasteiger partial charge in [-0.2, -0.15) is 0 Å². The molecule has 0 aromatic heterocycles. The van der Waals surface area contributed by atoms with E-state index in [4.69, 9.17) is 4.74 Å². The fourth-order valence-corrected chi connectivity index (χ4v) is 2.05. The molecule has 1 unspecified atom stereocenters. The number of hydrogen-bond donors (Lipinski definition) is 2. The maximum atomic E-state index is 13.5. The summed E-state index contributed by atoms with van der Waals surface area (Å²) in [5.41, 5.74) is 0.727. The highest BCUT2D eigenvalue weighted by molar-refractivity contribution is 5.78. The third-order valence-corrected chi connectivity index (χ3v) is 3.62. The molecular formula is C14H19FN2O2. The summed E-state index contributed by atoms with van der Waals surface area (Å²) in [4.78, 5) is 11.9. The highest BCUT2D eigenvalue weighted by Crippen LogP contribution is 2.18. The maximum absolute atomic E-state index is 13.5. The van der Waals surface area contributed by atoms with E-state index in [-0.39, 0.29) is 17.6 Å². The van der Waals surface area contributed by atoms with E-state index >= 15 is 0 Å². The van der Waals surface area contributed by atoms with E-state index in [1.165, 1.54) is 13.2 Å². The van der Waals surface area contributed by atoms with E-state index in [2.05, 4.69) is 10.6 Å². The molecule has 2 N–H and O–H groups in total. The minimum atomic E-state index is -0.412. The number of halogens is 1. The number of amides is 1. The molecule has 19 heavy (non-hydrogen) atoms. The van der Waals surface area contributed by atoms with Gasteiger partial charge in [0.15, 0.2) is 11.6 Å². The lowest BCUT2D eigenvalue weighted by atomic mass is 9.88. The molecule has 4 nitrogen and oxygen atoms in total. The summed E-state index contributed by atoms with van der Waals surface area (Å²) in [6.07, 6.45) is 0. The Morgan fingerprint density at radius 3 is 2.84 bits per heavy atom. The normalized spacial score (nSPS) is 16.6. The first-order valence-electron chi connectivity index (χ1n) is 6.42. The van der Waals surface area contributed by atoms with Crippen molar-refractivity contribution in [2.45, 2.75) is 13.5 Å². The molecule has 1 aliphatic heterocycles. The predicted octanol–water partition coefficient (Wildman–Crippen LogP) is 1.31. The number of carbonyl (C=O) groups is 1. The average molecular weight is 266 g/mol. The molecule has 0 aliphatic carbocycles.